The van der Waals surface area contributed by atoms with Crippen molar-refractivity contribution in [3.63, 3.8) is 0 Å². The normalized spacial score (nSPS) is 12.7. The molecule has 0 radical (unpaired) electrons. The first-order valence-corrected chi connectivity index (χ1v) is 11.0. The van der Waals surface area contributed by atoms with E-state index >= 15 is 0 Å². The van der Waals surface area contributed by atoms with E-state index < -0.39 is 0 Å². The third kappa shape index (κ3) is 4.85. The number of hydrazone groups is 1. The van der Waals surface area contributed by atoms with Gasteiger partial charge in [0.1, 0.15) is 5.82 Å². The van der Waals surface area contributed by atoms with E-state index in [1.54, 1.807) is 35.9 Å². The smallest absolute Gasteiger partial charge is 0.261 e. The lowest BCUT2D eigenvalue weighted by Crippen LogP contribution is -2.30. The third-order valence-corrected chi connectivity index (χ3v) is 5.65. The number of fused-ring (bicyclic) bond motifs is 1. The quantitative estimate of drug-likeness (QED) is 0.189. The summed E-state index contributed by atoms with van der Waals surface area (Å²) in [5.41, 5.74) is 11.2. The fourth-order valence-electron chi connectivity index (χ4n) is 3.30. The Hall–Kier alpha value is -3.96. The van der Waals surface area contributed by atoms with E-state index in [1.807, 2.05) is 24.3 Å². The van der Waals surface area contributed by atoms with E-state index in [9.17, 15) is 9.59 Å². The number of anilines is 2. The molecule has 7 nitrogen and oxygen atoms in total. The van der Waals surface area contributed by atoms with E-state index in [4.69, 9.17) is 5.73 Å². The van der Waals surface area contributed by atoms with Crippen molar-refractivity contribution in [2.24, 2.45) is 5.10 Å². The molecular formula is C24H21N5O2S. The highest BCUT2D eigenvalue weighted by molar-refractivity contribution is 7.14. The fourth-order valence-corrected chi connectivity index (χ4v) is 3.85. The van der Waals surface area contributed by atoms with Gasteiger partial charge in [-0.15, -0.1) is 11.3 Å². The lowest BCUT2D eigenvalue weighted by Gasteiger charge is -2.12. The van der Waals surface area contributed by atoms with Crippen molar-refractivity contribution in [3.8, 4) is 11.8 Å². The number of nitrogen functional groups attached to an aromatic ring is 1. The molecule has 2 heterocycles. The summed E-state index contributed by atoms with van der Waals surface area (Å²) < 4.78 is 0. The lowest BCUT2D eigenvalue weighted by atomic mass is 10.1. The topological polar surface area (TPSA) is 101 Å². The molecule has 160 valence electrons. The molecule has 0 aliphatic carbocycles. The number of hydrogen-bond acceptors (Lipinski definition) is 7. The molecule has 3 N–H and O–H groups in total. The van der Waals surface area contributed by atoms with Gasteiger partial charge in [0.2, 0.25) is 5.13 Å². The van der Waals surface area contributed by atoms with Crippen LogP contribution in [0.2, 0.25) is 0 Å². The second kappa shape index (κ2) is 9.90. The summed E-state index contributed by atoms with van der Waals surface area (Å²) in [5.74, 6) is 6.39. The number of unbranched alkanes of at least 4 members (excludes halogenated alkanes) is 2. The number of nitrogens with two attached hydrogens (primary N) is 1. The van der Waals surface area contributed by atoms with Crippen molar-refractivity contribution in [2.45, 2.75) is 19.3 Å². The molecule has 1 aliphatic rings. The number of rotatable bonds is 7. The molecule has 2 aromatic carbocycles. The van der Waals surface area contributed by atoms with Gasteiger partial charge in [0.05, 0.1) is 17.3 Å². The first kappa shape index (κ1) is 21.3. The summed E-state index contributed by atoms with van der Waals surface area (Å²) in [6.07, 6.45) is 3.88. The average molecular weight is 444 g/mol. The highest BCUT2D eigenvalue weighted by atomic mass is 32.1. The number of aromatic nitrogens is 1. The molecule has 2 amide bonds. The van der Waals surface area contributed by atoms with Crippen molar-refractivity contribution >= 4 is 40.3 Å². The van der Waals surface area contributed by atoms with Gasteiger partial charge in [0.15, 0.2) is 0 Å². The predicted molar refractivity (Wildman–Crippen MR) is 127 cm³/mol. The molecule has 3 aromatic rings. The number of imide groups is 1. The number of nitrogens with one attached hydrogen (secondary N) is 1. The molecule has 1 aromatic heterocycles. The first-order chi connectivity index (χ1) is 15.6. The Balaban J connectivity index is 1.27. The number of thiazole rings is 1. The van der Waals surface area contributed by atoms with Crippen LogP contribution in [0.15, 0.2) is 59.0 Å². The number of carbonyl (C=O) groups excluding carboxylic acids is 2. The van der Waals surface area contributed by atoms with Crippen LogP contribution >= 0.6 is 11.3 Å². The minimum Gasteiger partial charge on any atom is -0.383 e. The Labute approximate surface area is 190 Å². The molecule has 0 saturated carbocycles. The zero-order valence-corrected chi connectivity index (χ0v) is 18.1. The molecule has 0 saturated heterocycles. The largest absolute Gasteiger partial charge is 0.383 e. The highest BCUT2D eigenvalue weighted by Gasteiger charge is 2.34. The Kier molecular flexibility index (Phi) is 6.58. The van der Waals surface area contributed by atoms with E-state index in [1.165, 1.54) is 16.2 Å². The number of amides is 2. The SMILES string of the molecule is Nc1csc(NN=Cc2ccccc2C#CCCCCN2C(=O)c3ccccc3C2=O)n1. The maximum Gasteiger partial charge on any atom is 0.261 e. The Bertz CT molecular complexity index is 1200. The van der Waals surface area contributed by atoms with Gasteiger partial charge in [0.25, 0.3) is 11.8 Å². The molecule has 8 heteroatoms. The number of benzene rings is 2. The van der Waals surface area contributed by atoms with Gasteiger partial charge in [0, 0.05) is 29.5 Å². The molecule has 0 fully saturated rings. The van der Waals surface area contributed by atoms with Crippen LogP contribution in [0.25, 0.3) is 0 Å². The zero-order valence-electron chi connectivity index (χ0n) is 17.2. The molecule has 4 rings (SSSR count). The fraction of sp³-hybridized carbons (Fsp3) is 0.167. The van der Waals surface area contributed by atoms with E-state index in [0.29, 0.717) is 41.5 Å². The van der Waals surface area contributed by atoms with Crippen molar-refractivity contribution in [1.29, 1.82) is 0 Å². The second-order valence-electron chi connectivity index (χ2n) is 7.10. The summed E-state index contributed by atoms with van der Waals surface area (Å²) in [6.45, 7) is 0.407. The van der Waals surface area contributed by atoms with Crippen LogP contribution in [0.5, 0.6) is 0 Å². The number of nitrogens with zero attached hydrogens (tertiary/aromatic N) is 3. The van der Waals surface area contributed by atoms with Gasteiger partial charge in [-0.05, 0) is 31.0 Å². The van der Waals surface area contributed by atoms with Crippen LogP contribution in [0.4, 0.5) is 10.9 Å². The highest BCUT2D eigenvalue weighted by Crippen LogP contribution is 2.22. The van der Waals surface area contributed by atoms with Crippen molar-refractivity contribution in [2.75, 3.05) is 17.7 Å². The summed E-state index contributed by atoms with van der Waals surface area (Å²) in [7, 11) is 0. The maximum absolute atomic E-state index is 12.4. The lowest BCUT2D eigenvalue weighted by molar-refractivity contribution is 0.0652. The molecular weight excluding hydrogens is 422 g/mol. The van der Waals surface area contributed by atoms with E-state index in [-0.39, 0.29) is 11.8 Å². The Morgan fingerprint density at radius 1 is 1.06 bits per heavy atom. The average Bonchev–Trinajstić information content (AvgIpc) is 3.33. The predicted octanol–water partition coefficient (Wildman–Crippen LogP) is 3.99. The first-order valence-electron chi connectivity index (χ1n) is 10.2. The molecule has 0 spiro atoms. The van der Waals surface area contributed by atoms with E-state index in [2.05, 4.69) is 27.4 Å². The molecule has 0 bridgehead atoms. The summed E-state index contributed by atoms with van der Waals surface area (Å²) in [5, 5.41) is 6.57. The van der Waals surface area contributed by atoms with Crippen LogP contribution in [-0.2, 0) is 0 Å². The summed E-state index contributed by atoms with van der Waals surface area (Å²) in [6, 6.07) is 14.7. The van der Waals surface area contributed by atoms with Crippen molar-refractivity contribution < 1.29 is 9.59 Å². The van der Waals surface area contributed by atoms with Crippen molar-refractivity contribution in [1.82, 2.24) is 9.88 Å². The van der Waals surface area contributed by atoms with Gasteiger partial charge in [-0.3, -0.25) is 19.9 Å². The standard InChI is InChI=1S/C24H21N5O2S/c25-21-16-32-24(27-21)28-26-15-18-11-5-4-10-17(18)9-3-1-2-8-14-29-22(30)19-12-6-7-13-20(19)23(29)31/h4-7,10-13,15-16H,1-2,8,14,25H2,(H,27,28). The van der Waals surface area contributed by atoms with Gasteiger partial charge < -0.3 is 5.73 Å². The van der Waals surface area contributed by atoms with Gasteiger partial charge >= 0.3 is 0 Å². The minimum atomic E-state index is -0.209. The summed E-state index contributed by atoms with van der Waals surface area (Å²) in [4.78, 5) is 30.2. The number of hydrogen-bond donors (Lipinski definition) is 2. The zero-order chi connectivity index (χ0) is 22.3. The van der Waals surface area contributed by atoms with Gasteiger partial charge in [-0.25, -0.2) is 4.98 Å². The summed E-state index contributed by atoms with van der Waals surface area (Å²) >= 11 is 1.38. The number of carbonyl (C=O) groups is 2. The van der Waals surface area contributed by atoms with Crippen molar-refractivity contribution in [3.05, 3.63) is 76.2 Å². The molecule has 32 heavy (non-hydrogen) atoms. The van der Waals surface area contributed by atoms with Crippen LogP contribution in [-0.4, -0.2) is 34.5 Å². The maximum atomic E-state index is 12.4. The van der Waals surface area contributed by atoms with Crippen LogP contribution in [0.1, 0.15) is 51.1 Å². The molecule has 0 atom stereocenters. The Morgan fingerprint density at radius 3 is 2.50 bits per heavy atom. The van der Waals surface area contributed by atoms with E-state index in [0.717, 1.165) is 17.5 Å². The van der Waals surface area contributed by atoms with Gasteiger partial charge in [-0.1, -0.05) is 42.2 Å². The van der Waals surface area contributed by atoms with Crippen LogP contribution in [0, 0.1) is 11.8 Å². The van der Waals surface area contributed by atoms with Crippen LogP contribution in [0.3, 0.4) is 0 Å². The third-order valence-electron chi connectivity index (χ3n) is 4.88. The van der Waals surface area contributed by atoms with Crippen LogP contribution < -0.4 is 11.2 Å². The minimum absolute atomic E-state index is 0.209. The monoisotopic (exact) mass is 443 g/mol. The molecule has 0 unspecified atom stereocenters. The molecule has 1 aliphatic heterocycles. The van der Waals surface area contributed by atoms with Gasteiger partial charge in [-0.2, -0.15) is 5.10 Å². The second-order valence-corrected chi connectivity index (χ2v) is 7.96. The Morgan fingerprint density at radius 2 is 1.78 bits per heavy atom.